The molecule has 0 radical (unpaired) electrons. The largest absolute Gasteiger partial charge is 0.478 e. The molecule has 1 unspecified atom stereocenters. The van der Waals surface area contributed by atoms with Gasteiger partial charge in [-0.3, -0.25) is 0 Å². The van der Waals surface area contributed by atoms with Gasteiger partial charge in [0.25, 0.3) is 0 Å². The second-order valence-corrected chi connectivity index (χ2v) is 1.86. The van der Waals surface area contributed by atoms with E-state index in [1.807, 2.05) is 6.92 Å². The number of hydrogen-bond acceptors (Lipinski definition) is 2. The van der Waals surface area contributed by atoms with Gasteiger partial charge >= 0.3 is 5.97 Å². The van der Waals surface area contributed by atoms with E-state index in [9.17, 15) is 4.79 Å². The van der Waals surface area contributed by atoms with Gasteiger partial charge in [-0.2, -0.15) is 0 Å². The zero-order valence-electron chi connectivity index (χ0n) is 6.20. The van der Waals surface area contributed by atoms with Crippen molar-refractivity contribution < 1.29 is 14.6 Å². The Morgan fingerprint density at radius 3 is 2.80 bits per heavy atom. The minimum atomic E-state index is -0.938. The quantitative estimate of drug-likeness (QED) is 0.600. The maximum absolute atomic E-state index is 9.97. The minimum Gasteiger partial charge on any atom is -0.478 e. The van der Waals surface area contributed by atoms with E-state index in [2.05, 4.69) is 0 Å². The van der Waals surface area contributed by atoms with E-state index >= 15 is 0 Å². The first kappa shape index (κ1) is 9.17. The van der Waals surface area contributed by atoms with Crippen LogP contribution in [0.1, 0.15) is 13.8 Å². The van der Waals surface area contributed by atoms with Crippen LogP contribution < -0.4 is 0 Å². The summed E-state index contributed by atoms with van der Waals surface area (Å²) in [6.45, 7) is 4.26. The topological polar surface area (TPSA) is 46.5 Å². The number of carboxylic acid groups (broad SMARTS) is 1. The van der Waals surface area contributed by atoms with Crippen LogP contribution in [-0.2, 0) is 9.53 Å². The van der Waals surface area contributed by atoms with Crippen molar-refractivity contribution in [3.8, 4) is 0 Å². The van der Waals surface area contributed by atoms with Crippen LogP contribution in [0.2, 0.25) is 0 Å². The lowest BCUT2D eigenvalue weighted by molar-refractivity contribution is -0.131. The van der Waals surface area contributed by atoms with Gasteiger partial charge in [0.05, 0.1) is 6.10 Å². The molecule has 0 aliphatic heterocycles. The third-order valence-electron chi connectivity index (χ3n) is 0.939. The van der Waals surface area contributed by atoms with Crippen LogP contribution in [0.4, 0.5) is 0 Å². The molecule has 0 aromatic carbocycles. The molecule has 0 aromatic rings. The van der Waals surface area contributed by atoms with Crippen molar-refractivity contribution in [3.63, 3.8) is 0 Å². The molecule has 0 bridgehead atoms. The van der Waals surface area contributed by atoms with E-state index in [4.69, 9.17) is 9.84 Å². The summed E-state index contributed by atoms with van der Waals surface area (Å²) < 4.78 is 5.04. The predicted molar refractivity (Wildman–Crippen MR) is 37.9 cm³/mol. The molecular formula is C7H12O3. The molecule has 0 aromatic heterocycles. The normalized spacial score (nSPS) is 13.8. The van der Waals surface area contributed by atoms with Crippen LogP contribution >= 0.6 is 0 Å². The summed E-state index contributed by atoms with van der Waals surface area (Å²) in [5, 5.41) is 8.19. The summed E-state index contributed by atoms with van der Waals surface area (Å²) in [6, 6.07) is 0. The van der Waals surface area contributed by atoms with Gasteiger partial charge < -0.3 is 9.84 Å². The van der Waals surface area contributed by atoms with Crippen molar-refractivity contribution in [2.24, 2.45) is 0 Å². The van der Waals surface area contributed by atoms with Crippen molar-refractivity contribution in [3.05, 3.63) is 12.2 Å². The molecule has 10 heavy (non-hydrogen) atoms. The molecule has 1 atom stereocenters. The molecule has 0 saturated carbocycles. The van der Waals surface area contributed by atoms with Crippen molar-refractivity contribution in [1.82, 2.24) is 0 Å². The Labute approximate surface area is 60.3 Å². The highest BCUT2D eigenvalue weighted by Crippen LogP contribution is 1.91. The second kappa shape index (κ2) is 4.99. The highest BCUT2D eigenvalue weighted by Gasteiger charge is 1.94. The minimum absolute atomic E-state index is 0.110. The van der Waals surface area contributed by atoms with E-state index in [-0.39, 0.29) is 6.10 Å². The highest BCUT2D eigenvalue weighted by molar-refractivity contribution is 5.79. The molecule has 0 rings (SSSR count). The monoisotopic (exact) mass is 144 g/mol. The number of hydrogen-bond donors (Lipinski definition) is 1. The van der Waals surface area contributed by atoms with Crippen LogP contribution in [0, 0.1) is 0 Å². The number of aliphatic carboxylic acids is 1. The fourth-order valence-electron chi connectivity index (χ4n) is 0.536. The fraction of sp³-hybridized carbons (Fsp3) is 0.571. The van der Waals surface area contributed by atoms with Crippen LogP contribution in [0.5, 0.6) is 0 Å². The second-order valence-electron chi connectivity index (χ2n) is 1.86. The number of rotatable bonds is 4. The molecule has 0 fully saturated rings. The molecule has 3 heteroatoms. The Balaban J connectivity index is 3.55. The van der Waals surface area contributed by atoms with Crippen molar-refractivity contribution in [2.45, 2.75) is 20.0 Å². The third-order valence-corrected chi connectivity index (χ3v) is 0.939. The molecule has 0 heterocycles. The molecule has 1 N–H and O–H groups in total. The van der Waals surface area contributed by atoms with Crippen LogP contribution in [-0.4, -0.2) is 23.8 Å². The zero-order valence-corrected chi connectivity index (χ0v) is 6.20. The Morgan fingerprint density at radius 1 is 1.80 bits per heavy atom. The molecule has 0 aliphatic carbocycles. The van der Waals surface area contributed by atoms with Crippen molar-refractivity contribution >= 4 is 5.97 Å². The summed E-state index contributed by atoms with van der Waals surface area (Å²) in [5.41, 5.74) is 0. The summed E-state index contributed by atoms with van der Waals surface area (Å²) in [5.74, 6) is -0.938. The van der Waals surface area contributed by atoms with Gasteiger partial charge in [0.1, 0.15) is 0 Å². The molecule has 58 valence electrons. The summed E-state index contributed by atoms with van der Waals surface area (Å²) in [4.78, 5) is 9.97. The van der Waals surface area contributed by atoms with E-state index in [0.717, 1.165) is 6.08 Å². The fourth-order valence-corrected chi connectivity index (χ4v) is 0.536. The van der Waals surface area contributed by atoms with E-state index < -0.39 is 5.97 Å². The molecular weight excluding hydrogens is 132 g/mol. The van der Waals surface area contributed by atoms with E-state index in [1.165, 1.54) is 6.08 Å². The Morgan fingerprint density at radius 2 is 2.40 bits per heavy atom. The van der Waals surface area contributed by atoms with Gasteiger partial charge in [-0.1, -0.05) is 0 Å². The lowest BCUT2D eigenvalue weighted by Gasteiger charge is -2.03. The summed E-state index contributed by atoms with van der Waals surface area (Å²) >= 11 is 0. The average Bonchev–Trinajstić information content (AvgIpc) is 1.85. The lowest BCUT2D eigenvalue weighted by Crippen LogP contribution is -2.04. The standard InChI is InChI=1S/C7H12O3/c1-3-10-6(2)4-5-7(8)9/h4-6H,3H2,1-2H3,(H,8,9). The number of carbonyl (C=O) groups is 1. The predicted octanol–water partition coefficient (Wildman–Crippen LogP) is 1.05. The Bertz CT molecular complexity index is 129. The Hall–Kier alpha value is -0.830. The van der Waals surface area contributed by atoms with Gasteiger partial charge in [-0.05, 0) is 19.9 Å². The molecule has 0 aliphatic rings. The first-order chi connectivity index (χ1) is 4.66. The van der Waals surface area contributed by atoms with Crippen LogP contribution in [0.15, 0.2) is 12.2 Å². The van der Waals surface area contributed by atoms with Crippen LogP contribution in [0.25, 0.3) is 0 Å². The highest BCUT2D eigenvalue weighted by atomic mass is 16.5. The summed E-state index contributed by atoms with van der Waals surface area (Å²) in [7, 11) is 0. The first-order valence-electron chi connectivity index (χ1n) is 3.19. The zero-order chi connectivity index (χ0) is 7.98. The lowest BCUT2D eigenvalue weighted by atomic mass is 10.3. The van der Waals surface area contributed by atoms with Gasteiger partial charge in [0, 0.05) is 12.7 Å². The van der Waals surface area contributed by atoms with E-state index in [0.29, 0.717) is 6.61 Å². The third kappa shape index (κ3) is 5.31. The van der Waals surface area contributed by atoms with Gasteiger partial charge in [-0.25, -0.2) is 4.79 Å². The summed E-state index contributed by atoms with van der Waals surface area (Å²) in [6.07, 6.45) is 2.48. The molecule has 3 nitrogen and oxygen atoms in total. The van der Waals surface area contributed by atoms with Gasteiger partial charge in [-0.15, -0.1) is 0 Å². The maximum Gasteiger partial charge on any atom is 0.328 e. The molecule has 0 spiro atoms. The first-order valence-corrected chi connectivity index (χ1v) is 3.19. The van der Waals surface area contributed by atoms with Crippen molar-refractivity contribution in [1.29, 1.82) is 0 Å². The molecule has 0 amide bonds. The van der Waals surface area contributed by atoms with Gasteiger partial charge in [0.15, 0.2) is 0 Å². The number of ether oxygens (including phenoxy) is 1. The SMILES string of the molecule is CCOC(C)C=CC(=O)O. The maximum atomic E-state index is 9.97. The molecule has 0 saturated heterocycles. The smallest absolute Gasteiger partial charge is 0.328 e. The van der Waals surface area contributed by atoms with Crippen LogP contribution in [0.3, 0.4) is 0 Å². The van der Waals surface area contributed by atoms with Crippen molar-refractivity contribution in [2.75, 3.05) is 6.61 Å². The average molecular weight is 144 g/mol. The number of carboxylic acids is 1. The van der Waals surface area contributed by atoms with E-state index in [1.54, 1.807) is 6.92 Å². The Kier molecular flexibility index (Phi) is 4.58. The van der Waals surface area contributed by atoms with Gasteiger partial charge in [0.2, 0.25) is 0 Å².